The molecule has 2 aromatic carbocycles. The van der Waals surface area contributed by atoms with Crippen LogP contribution >= 0.6 is 12.2 Å². The zero-order chi connectivity index (χ0) is 22.2. The molecule has 7 nitrogen and oxygen atoms in total. The SMILES string of the molecule is O=C(O)CCCCC=Cc1c(O)n(-c2ccc(Oc3ccccc3)cc2)c(=S)[nH]c1=O. The molecule has 0 aliphatic rings. The molecule has 31 heavy (non-hydrogen) atoms. The van der Waals surface area contributed by atoms with Crippen molar-refractivity contribution in [2.45, 2.75) is 25.7 Å². The molecule has 0 saturated heterocycles. The van der Waals surface area contributed by atoms with Gasteiger partial charge in [-0.1, -0.05) is 24.3 Å². The summed E-state index contributed by atoms with van der Waals surface area (Å²) in [7, 11) is 0. The Morgan fingerprint density at radius 1 is 1.06 bits per heavy atom. The third-order valence-corrected chi connectivity index (χ3v) is 4.78. The number of benzene rings is 2. The number of ether oxygens (including phenoxy) is 1. The lowest BCUT2D eigenvalue weighted by Gasteiger charge is -2.12. The van der Waals surface area contributed by atoms with Gasteiger partial charge in [0.25, 0.3) is 5.56 Å². The van der Waals surface area contributed by atoms with E-state index < -0.39 is 11.5 Å². The zero-order valence-corrected chi connectivity index (χ0v) is 17.5. The van der Waals surface area contributed by atoms with E-state index in [1.54, 1.807) is 30.3 Å². The van der Waals surface area contributed by atoms with Gasteiger partial charge in [0.15, 0.2) is 4.77 Å². The van der Waals surface area contributed by atoms with Crippen LogP contribution in [0.1, 0.15) is 31.2 Å². The molecule has 3 rings (SSSR count). The minimum Gasteiger partial charge on any atom is -0.494 e. The number of carbonyl (C=O) groups is 1. The first-order valence-corrected chi connectivity index (χ1v) is 10.2. The average Bonchev–Trinajstić information content (AvgIpc) is 2.74. The second kappa shape index (κ2) is 10.4. The Kier molecular flexibility index (Phi) is 7.40. The van der Waals surface area contributed by atoms with Crippen molar-refractivity contribution in [2.24, 2.45) is 0 Å². The molecule has 0 fully saturated rings. The number of nitrogens with one attached hydrogen (secondary N) is 1. The molecule has 0 aliphatic carbocycles. The lowest BCUT2D eigenvalue weighted by Crippen LogP contribution is -2.15. The second-order valence-corrected chi connectivity index (χ2v) is 7.17. The highest BCUT2D eigenvalue weighted by Gasteiger charge is 2.12. The summed E-state index contributed by atoms with van der Waals surface area (Å²) >= 11 is 5.24. The number of hydrogen-bond acceptors (Lipinski definition) is 5. The van der Waals surface area contributed by atoms with Gasteiger partial charge in [0.2, 0.25) is 5.88 Å². The smallest absolute Gasteiger partial charge is 0.303 e. The number of nitrogens with zero attached hydrogens (tertiary/aromatic N) is 1. The summed E-state index contributed by atoms with van der Waals surface area (Å²) in [4.78, 5) is 25.4. The molecule has 0 saturated carbocycles. The number of aromatic amines is 1. The fraction of sp³-hybridized carbons (Fsp3) is 0.174. The van der Waals surface area contributed by atoms with E-state index in [9.17, 15) is 14.7 Å². The Bertz CT molecular complexity index is 1180. The van der Waals surface area contributed by atoms with E-state index in [1.807, 2.05) is 30.3 Å². The predicted octanol–water partition coefficient (Wildman–Crippen LogP) is 5.05. The Morgan fingerprint density at radius 3 is 2.42 bits per heavy atom. The highest BCUT2D eigenvalue weighted by Crippen LogP contribution is 2.25. The van der Waals surface area contributed by atoms with Gasteiger partial charge in [-0.25, -0.2) is 0 Å². The van der Waals surface area contributed by atoms with Crippen molar-refractivity contribution < 1.29 is 19.7 Å². The van der Waals surface area contributed by atoms with Crippen molar-refractivity contribution in [1.82, 2.24) is 9.55 Å². The second-order valence-electron chi connectivity index (χ2n) is 6.78. The van der Waals surface area contributed by atoms with E-state index in [4.69, 9.17) is 22.1 Å². The van der Waals surface area contributed by atoms with Crippen LogP contribution in [0.25, 0.3) is 11.8 Å². The van der Waals surface area contributed by atoms with Crippen LogP contribution in [0.5, 0.6) is 17.4 Å². The maximum absolute atomic E-state index is 12.3. The van der Waals surface area contributed by atoms with Crippen molar-refractivity contribution >= 4 is 24.3 Å². The number of para-hydroxylation sites is 1. The molecule has 0 amide bonds. The van der Waals surface area contributed by atoms with Crippen LogP contribution in [0.15, 0.2) is 65.5 Å². The number of aromatic nitrogens is 2. The average molecular weight is 439 g/mol. The summed E-state index contributed by atoms with van der Waals surface area (Å²) < 4.78 is 7.20. The lowest BCUT2D eigenvalue weighted by molar-refractivity contribution is -0.137. The fourth-order valence-electron chi connectivity index (χ4n) is 2.96. The van der Waals surface area contributed by atoms with Gasteiger partial charge in [0.1, 0.15) is 11.5 Å². The quantitative estimate of drug-likeness (QED) is 0.319. The van der Waals surface area contributed by atoms with Crippen LogP contribution in [0, 0.1) is 4.77 Å². The molecule has 8 heteroatoms. The van der Waals surface area contributed by atoms with E-state index in [0.29, 0.717) is 36.4 Å². The van der Waals surface area contributed by atoms with E-state index >= 15 is 0 Å². The van der Waals surface area contributed by atoms with E-state index in [2.05, 4.69) is 4.98 Å². The van der Waals surface area contributed by atoms with Gasteiger partial charge in [-0.15, -0.1) is 0 Å². The molecule has 0 spiro atoms. The summed E-state index contributed by atoms with van der Waals surface area (Å²) in [6, 6.07) is 16.3. The number of carboxylic acids is 1. The van der Waals surface area contributed by atoms with Crippen LogP contribution in [0.4, 0.5) is 0 Å². The van der Waals surface area contributed by atoms with Gasteiger partial charge < -0.3 is 14.9 Å². The minimum absolute atomic E-state index is 0.0674. The molecule has 0 bridgehead atoms. The van der Waals surface area contributed by atoms with Crippen molar-refractivity contribution in [3.8, 4) is 23.1 Å². The van der Waals surface area contributed by atoms with Crippen LogP contribution in [-0.4, -0.2) is 25.7 Å². The lowest BCUT2D eigenvalue weighted by atomic mass is 10.1. The van der Waals surface area contributed by atoms with Gasteiger partial charge in [-0.2, -0.15) is 0 Å². The standard InChI is InChI=1S/C23H22N2O5S/c26-20(27)11-7-2-1-6-10-19-21(28)24-23(31)25(22(19)29)16-12-14-18(15-13-16)30-17-8-4-3-5-9-17/h3-6,8-10,12-15,29H,1-2,7,11H2,(H,26,27)(H,24,28,31). The van der Waals surface area contributed by atoms with Crippen LogP contribution < -0.4 is 10.3 Å². The molecule has 3 N–H and O–H groups in total. The van der Waals surface area contributed by atoms with Gasteiger partial charge in [-0.3, -0.25) is 19.1 Å². The molecule has 1 aromatic heterocycles. The highest BCUT2D eigenvalue weighted by molar-refractivity contribution is 7.71. The number of allylic oxidation sites excluding steroid dienone is 1. The zero-order valence-electron chi connectivity index (χ0n) is 16.7. The number of aromatic hydroxyl groups is 1. The van der Waals surface area contributed by atoms with Crippen LogP contribution in [0.2, 0.25) is 0 Å². The molecule has 0 atom stereocenters. The van der Waals surface area contributed by atoms with Crippen molar-refractivity contribution in [3.63, 3.8) is 0 Å². The topological polar surface area (TPSA) is 105 Å². The molecular weight excluding hydrogens is 416 g/mol. The van der Waals surface area contributed by atoms with E-state index in [-0.39, 0.29) is 22.6 Å². The number of hydrogen-bond donors (Lipinski definition) is 3. The van der Waals surface area contributed by atoms with Gasteiger partial charge in [0.05, 0.1) is 11.3 Å². The molecule has 3 aromatic rings. The molecule has 1 heterocycles. The number of aliphatic carboxylic acids is 1. The number of unbranched alkanes of at least 4 members (excludes halogenated alkanes) is 2. The van der Waals surface area contributed by atoms with E-state index in [0.717, 1.165) is 0 Å². The molecule has 160 valence electrons. The van der Waals surface area contributed by atoms with Crippen LogP contribution in [-0.2, 0) is 4.79 Å². The number of rotatable bonds is 9. The Labute approximate surface area is 183 Å². The predicted molar refractivity (Wildman–Crippen MR) is 121 cm³/mol. The maximum Gasteiger partial charge on any atom is 0.303 e. The van der Waals surface area contributed by atoms with Crippen molar-refractivity contribution in [1.29, 1.82) is 0 Å². The Hall–Kier alpha value is -3.65. The van der Waals surface area contributed by atoms with Gasteiger partial charge in [-0.05, 0) is 74.0 Å². The summed E-state index contributed by atoms with van der Waals surface area (Å²) in [5, 5.41) is 19.4. The fourth-order valence-corrected chi connectivity index (χ4v) is 3.24. The molecule has 0 radical (unpaired) electrons. The molecule has 0 aliphatic heterocycles. The molecular formula is C23H22N2O5S. The third kappa shape index (κ3) is 5.93. The highest BCUT2D eigenvalue weighted by atomic mass is 32.1. The summed E-state index contributed by atoms with van der Waals surface area (Å²) in [5.74, 6) is 0.217. The van der Waals surface area contributed by atoms with E-state index in [1.165, 1.54) is 10.6 Å². The van der Waals surface area contributed by atoms with Crippen molar-refractivity contribution in [3.05, 3.63) is 81.4 Å². The first kappa shape index (κ1) is 22.0. The third-order valence-electron chi connectivity index (χ3n) is 4.49. The van der Waals surface area contributed by atoms with Crippen molar-refractivity contribution in [2.75, 3.05) is 0 Å². The summed E-state index contributed by atoms with van der Waals surface area (Å²) in [5.41, 5.74) is 0.149. The van der Waals surface area contributed by atoms with Gasteiger partial charge in [0, 0.05) is 6.42 Å². The Balaban J connectivity index is 1.79. The van der Waals surface area contributed by atoms with Crippen LogP contribution in [0.3, 0.4) is 0 Å². The largest absolute Gasteiger partial charge is 0.494 e. The first-order valence-electron chi connectivity index (χ1n) is 9.75. The Morgan fingerprint density at radius 2 is 1.74 bits per heavy atom. The summed E-state index contributed by atoms with van der Waals surface area (Å²) in [6.07, 6.45) is 5.17. The maximum atomic E-state index is 12.3. The van der Waals surface area contributed by atoms with Gasteiger partial charge >= 0.3 is 5.97 Å². The number of H-pyrrole nitrogens is 1. The summed E-state index contributed by atoms with van der Waals surface area (Å²) in [6.45, 7) is 0. The molecule has 0 unspecified atom stereocenters. The normalized spacial score (nSPS) is 11.0. The monoisotopic (exact) mass is 438 g/mol. The number of carboxylic acid groups (broad SMARTS) is 1. The first-order chi connectivity index (χ1) is 15.0. The minimum atomic E-state index is -0.833.